The number of benzene rings is 1. The first-order valence-electron chi connectivity index (χ1n) is 6.04. The van der Waals surface area contributed by atoms with Gasteiger partial charge in [0.05, 0.1) is 25.2 Å². The van der Waals surface area contributed by atoms with Crippen LogP contribution in [0.2, 0.25) is 0 Å². The van der Waals surface area contributed by atoms with Gasteiger partial charge in [0, 0.05) is 18.2 Å². The highest BCUT2D eigenvalue weighted by Gasteiger charge is 2.33. The lowest BCUT2D eigenvalue weighted by Crippen LogP contribution is -2.34. The van der Waals surface area contributed by atoms with Crippen LogP contribution in [0, 0.1) is 11.3 Å². The fourth-order valence-corrected chi connectivity index (χ4v) is 2.26. The molecule has 1 aromatic carbocycles. The Hall–Kier alpha value is -2.35. The molecule has 1 saturated heterocycles. The molecule has 1 aromatic rings. The van der Waals surface area contributed by atoms with Gasteiger partial charge in [-0.05, 0) is 30.7 Å². The van der Waals surface area contributed by atoms with Crippen molar-refractivity contribution in [3.05, 3.63) is 29.8 Å². The van der Waals surface area contributed by atoms with Crippen LogP contribution in [0.15, 0.2) is 24.3 Å². The number of anilines is 1. The second kappa shape index (κ2) is 5.53. The number of nitriles is 1. The number of carbonyl (C=O) groups is 2. The number of hydrogen-bond acceptors (Lipinski definition) is 4. The van der Waals surface area contributed by atoms with Gasteiger partial charge in [0.2, 0.25) is 5.91 Å². The molecule has 1 atom stereocenters. The second-order valence-electron chi connectivity index (χ2n) is 4.40. The summed E-state index contributed by atoms with van der Waals surface area (Å²) < 4.78 is 4.65. The summed E-state index contributed by atoms with van der Waals surface area (Å²) in [5.74, 6) is -0.322. The zero-order chi connectivity index (χ0) is 13.8. The van der Waals surface area contributed by atoms with Crippen LogP contribution in [0.1, 0.15) is 24.8 Å². The van der Waals surface area contributed by atoms with Gasteiger partial charge < -0.3 is 9.64 Å². The number of hydrogen-bond donors (Lipinski definition) is 0. The van der Waals surface area contributed by atoms with E-state index in [1.54, 1.807) is 29.2 Å². The van der Waals surface area contributed by atoms with E-state index >= 15 is 0 Å². The second-order valence-corrected chi connectivity index (χ2v) is 4.40. The van der Waals surface area contributed by atoms with Gasteiger partial charge in [0.1, 0.15) is 0 Å². The zero-order valence-electron chi connectivity index (χ0n) is 10.6. The summed E-state index contributed by atoms with van der Waals surface area (Å²) >= 11 is 0. The highest BCUT2D eigenvalue weighted by atomic mass is 16.5. The molecule has 0 aromatic heterocycles. The molecule has 1 aliphatic rings. The number of nitrogens with zero attached hydrogens (tertiary/aromatic N) is 2. The van der Waals surface area contributed by atoms with Crippen LogP contribution in [0.4, 0.5) is 5.69 Å². The average Bonchev–Trinajstić information content (AvgIpc) is 2.79. The molecule has 1 aliphatic heterocycles. The fraction of sp³-hybridized carbons (Fsp3) is 0.357. The van der Waals surface area contributed by atoms with E-state index in [9.17, 15) is 9.59 Å². The van der Waals surface area contributed by atoms with Crippen molar-refractivity contribution in [1.29, 1.82) is 5.26 Å². The summed E-state index contributed by atoms with van der Waals surface area (Å²) in [6.07, 6.45) is 1.28. The minimum Gasteiger partial charge on any atom is -0.469 e. The lowest BCUT2D eigenvalue weighted by Gasteiger charge is -2.24. The molecule has 98 valence electrons. The number of rotatable bonds is 3. The molecule has 19 heavy (non-hydrogen) atoms. The van der Waals surface area contributed by atoms with Crippen molar-refractivity contribution in [2.45, 2.75) is 25.3 Å². The number of ether oxygens (including phenoxy) is 1. The molecule has 1 fully saturated rings. The Morgan fingerprint density at radius 1 is 1.47 bits per heavy atom. The largest absolute Gasteiger partial charge is 0.469 e. The monoisotopic (exact) mass is 258 g/mol. The van der Waals surface area contributed by atoms with E-state index < -0.39 is 0 Å². The molecule has 5 heteroatoms. The normalized spacial score (nSPS) is 18.2. The third kappa shape index (κ3) is 2.74. The predicted molar refractivity (Wildman–Crippen MR) is 68.3 cm³/mol. The summed E-state index contributed by atoms with van der Waals surface area (Å²) in [7, 11) is 1.34. The molecule has 0 spiro atoms. The molecular formula is C14H14N2O3. The Balaban J connectivity index is 2.21. The number of esters is 1. The summed E-state index contributed by atoms with van der Waals surface area (Å²) in [6.45, 7) is 0. The summed E-state index contributed by atoms with van der Waals surface area (Å²) in [5, 5.41) is 8.76. The molecule has 0 unspecified atom stereocenters. The van der Waals surface area contributed by atoms with Crippen molar-refractivity contribution in [2.24, 2.45) is 0 Å². The molecule has 1 amide bonds. The Morgan fingerprint density at radius 3 is 2.74 bits per heavy atom. The summed E-state index contributed by atoms with van der Waals surface area (Å²) in [6, 6.07) is 8.65. The smallest absolute Gasteiger partial charge is 0.307 e. The van der Waals surface area contributed by atoms with E-state index in [1.807, 2.05) is 6.07 Å². The van der Waals surface area contributed by atoms with E-state index in [4.69, 9.17) is 5.26 Å². The van der Waals surface area contributed by atoms with Crippen LogP contribution in [-0.2, 0) is 14.3 Å². The van der Waals surface area contributed by atoms with E-state index in [-0.39, 0.29) is 24.3 Å². The molecule has 5 nitrogen and oxygen atoms in total. The Kier molecular flexibility index (Phi) is 3.81. The Morgan fingerprint density at radius 2 is 2.16 bits per heavy atom. The summed E-state index contributed by atoms with van der Waals surface area (Å²) in [4.78, 5) is 24.9. The highest BCUT2D eigenvalue weighted by Crippen LogP contribution is 2.28. The van der Waals surface area contributed by atoms with E-state index in [0.29, 0.717) is 18.4 Å². The van der Waals surface area contributed by atoms with Crippen molar-refractivity contribution < 1.29 is 14.3 Å². The standard InChI is InChI=1S/C14H14N2O3/c1-19-14(18)8-12-6-7-13(17)16(12)11-4-2-10(9-15)3-5-11/h2-5,12H,6-8H2,1H3/t12-/m0/s1. The average molecular weight is 258 g/mol. The maximum atomic E-state index is 11.9. The van der Waals surface area contributed by atoms with Crippen LogP contribution in [0.3, 0.4) is 0 Å². The van der Waals surface area contributed by atoms with Gasteiger partial charge in [-0.2, -0.15) is 5.26 Å². The molecule has 1 heterocycles. The lowest BCUT2D eigenvalue weighted by molar-refractivity contribution is -0.140. The molecule has 0 saturated carbocycles. The maximum absolute atomic E-state index is 11.9. The van der Waals surface area contributed by atoms with Gasteiger partial charge in [-0.1, -0.05) is 0 Å². The molecule has 0 bridgehead atoms. The summed E-state index contributed by atoms with van der Waals surface area (Å²) in [5.41, 5.74) is 1.26. The van der Waals surface area contributed by atoms with E-state index in [1.165, 1.54) is 7.11 Å². The maximum Gasteiger partial charge on any atom is 0.307 e. The number of amides is 1. The van der Waals surface area contributed by atoms with Crippen molar-refractivity contribution in [2.75, 3.05) is 12.0 Å². The highest BCUT2D eigenvalue weighted by molar-refractivity contribution is 5.97. The first-order chi connectivity index (χ1) is 9.15. The number of carbonyl (C=O) groups excluding carboxylic acids is 2. The Labute approximate surface area is 111 Å². The molecular weight excluding hydrogens is 244 g/mol. The molecule has 2 rings (SSSR count). The van der Waals surface area contributed by atoms with Crippen molar-refractivity contribution in [3.8, 4) is 6.07 Å². The first kappa shape index (κ1) is 13.1. The van der Waals surface area contributed by atoms with Gasteiger partial charge in [0.15, 0.2) is 0 Å². The quantitative estimate of drug-likeness (QED) is 0.772. The minimum absolute atomic E-state index is 0.00129. The SMILES string of the molecule is COC(=O)C[C@@H]1CCC(=O)N1c1ccc(C#N)cc1. The van der Waals surface area contributed by atoms with Crippen molar-refractivity contribution in [1.82, 2.24) is 0 Å². The van der Waals surface area contributed by atoms with Crippen LogP contribution in [0.25, 0.3) is 0 Å². The van der Waals surface area contributed by atoms with Gasteiger partial charge in [-0.25, -0.2) is 0 Å². The predicted octanol–water partition coefficient (Wildman–Crippen LogP) is 1.62. The third-order valence-corrected chi connectivity index (χ3v) is 3.23. The van der Waals surface area contributed by atoms with Gasteiger partial charge in [-0.15, -0.1) is 0 Å². The van der Waals surface area contributed by atoms with Gasteiger partial charge in [0.25, 0.3) is 0 Å². The van der Waals surface area contributed by atoms with E-state index in [0.717, 1.165) is 5.69 Å². The van der Waals surface area contributed by atoms with Crippen LogP contribution in [-0.4, -0.2) is 25.0 Å². The van der Waals surface area contributed by atoms with E-state index in [2.05, 4.69) is 4.74 Å². The van der Waals surface area contributed by atoms with Gasteiger partial charge in [-0.3, -0.25) is 9.59 Å². The Bertz CT molecular complexity index is 531. The lowest BCUT2D eigenvalue weighted by atomic mass is 10.1. The fourth-order valence-electron chi connectivity index (χ4n) is 2.26. The zero-order valence-corrected chi connectivity index (χ0v) is 10.6. The minimum atomic E-state index is -0.321. The first-order valence-corrected chi connectivity index (χ1v) is 6.04. The van der Waals surface area contributed by atoms with Crippen LogP contribution < -0.4 is 4.90 Å². The van der Waals surface area contributed by atoms with Crippen molar-refractivity contribution >= 4 is 17.6 Å². The number of methoxy groups -OCH3 is 1. The van der Waals surface area contributed by atoms with Crippen molar-refractivity contribution in [3.63, 3.8) is 0 Å². The topological polar surface area (TPSA) is 70.4 Å². The molecule has 0 N–H and O–H groups in total. The molecule has 0 radical (unpaired) electrons. The molecule has 0 aliphatic carbocycles. The van der Waals surface area contributed by atoms with Gasteiger partial charge >= 0.3 is 5.97 Å². The van der Waals surface area contributed by atoms with Crippen LogP contribution >= 0.6 is 0 Å². The van der Waals surface area contributed by atoms with Crippen LogP contribution in [0.5, 0.6) is 0 Å². The third-order valence-electron chi connectivity index (χ3n) is 3.23.